The monoisotopic (exact) mass is 397 g/mol. The first kappa shape index (κ1) is 19.9. The Balaban J connectivity index is 2.10. The molecular weight excluding hydrogens is 381 g/mol. The van der Waals surface area contributed by atoms with Crippen LogP contribution in [0.4, 0.5) is 5.69 Å². The number of esters is 1. The molecule has 0 fully saturated rings. The fourth-order valence-corrected chi connectivity index (χ4v) is 2.61. The van der Waals surface area contributed by atoms with E-state index >= 15 is 0 Å². The molecule has 0 radical (unpaired) electrons. The van der Waals surface area contributed by atoms with Crippen molar-refractivity contribution < 1.29 is 23.8 Å². The summed E-state index contributed by atoms with van der Waals surface area (Å²) in [4.78, 5) is 24.6. The van der Waals surface area contributed by atoms with Gasteiger partial charge in [-0.2, -0.15) is 0 Å². The van der Waals surface area contributed by atoms with Gasteiger partial charge in [0.05, 0.1) is 24.9 Å². The SMILES string of the molecule is COc1cccc(C(=O)O[C@@H](C)C(=O)Nc2ccc(Cl)cc2Cl)c1OC. The van der Waals surface area contributed by atoms with Crippen molar-refractivity contribution in [2.45, 2.75) is 13.0 Å². The van der Waals surface area contributed by atoms with E-state index in [0.29, 0.717) is 16.5 Å². The van der Waals surface area contributed by atoms with E-state index in [4.69, 9.17) is 37.4 Å². The molecular formula is C18H17Cl2NO5. The highest BCUT2D eigenvalue weighted by Gasteiger charge is 2.23. The summed E-state index contributed by atoms with van der Waals surface area (Å²) in [6.45, 7) is 1.45. The summed E-state index contributed by atoms with van der Waals surface area (Å²) < 4.78 is 15.6. The molecule has 0 heterocycles. The summed E-state index contributed by atoms with van der Waals surface area (Å²) in [5, 5.41) is 3.30. The minimum absolute atomic E-state index is 0.149. The molecule has 138 valence electrons. The maximum absolute atomic E-state index is 12.4. The van der Waals surface area contributed by atoms with Gasteiger partial charge in [-0.15, -0.1) is 0 Å². The van der Waals surface area contributed by atoms with Gasteiger partial charge in [-0.3, -0.25) is 4.79 Å². The van der Waals surface area contributed by atoms with Gasteiger partial charge in [0.1, 0.15) is 5.56 Å². The van der Waals surface area contributed by atoms with E-state index in [-0.39, 0.29) is 16.3 Å². The number of rotatable bonds is 6. The lowest BCUT2D eigenvalue weighted by molar-refractivity contribution is -0.123. The zero-order valence-corrected chi connectivity index (χ0v) is 15.9. The second-order valence-corrected chi connectivity index (χ2v) is 6.05. The van der Waals surface area contributed by atoms with Crippen LogP contribution in [0.15, 0.2) is 36.4 Å². The van der Waals surface area contributed by atoms with Crippen molar-refractivity contribution in [1.29, 1.82) is 0 Å². The van der Waals surface area contributed by atoms with Gasteiger partial charge in [0.2, 0.25) is 0 Å². The van der Waals surface area contributed by atoms with Crippen molar-refractivity contribution >= 4 is 40.8 Å². The van der Waals surface area contributed by atoms with Gasteiger partial charge >= 0.3 is 5.97 Å². The summed E-state index contributed by atoms with van der Waals surface area (Å²) in [6, 6.07) is 9.42. The third kappa shape index (κ3) is 4.59. The van der Waals surface area contributed by atoms with Gasteiger partial charge in [-0.1, -0.05) is 29.3 Å². The number of carbonyl (C=O) groups is 2. The van der Waals surface area contributed by atoms with Crippen molar-refractivity contribution in [3.8, 4) is 11.5 Å². The Morgan fingerprint density at radius 2 is 1.81 bits per heavy atom. The third-order valence-corrected chi connectivity index (χ3v) is 4.01. The second kappa shape index (κ2) is 8.78. The van der Waals surface area contributed by atoms with Crippen LogP contribution in [-0.4, -0.2) is 32.2 Å². The maximum Gasteiger partial charge on any atom is 0.342 e. The fourth-order valence-electron chi connectivity index (χ4n) is 2.15. The van der Waals surface area contributed by atoms with Crippen molar-refractivity contribution in [2.24, 2.45) is 0 Å². The van der Waals surface area contributed by atoms with Crippen LogP contribution in [0.2, 0.25) is 10.0 Å². The van der Waals surface area contributed by atoms with Crippen LogP contribution in [0, 0.1) is 0 Å². The van der Waals surface area contributed by atoms with Crippen LogP contribution in [-0.2, 0) is 9.53 Å². The third-order valence-electron chi connectivity index (χ3n) is 3.46. The molecule has 8 heteroatoms. The molecule has 1 amide bonds. The van der Waals surface area contributed by atoms with Gasteiger partial charge in [0.25, 0.3) is 5.91 Å². The molecule has 1 N–H and O–H groups in total. The summed E-state index contributed by atoms with van der Waals surface area (Å²) in [7, 11) is 2.87. The quantitative estimate of drug-likeness (QED) is 0.739. The first-order valence-corrected chi connectivity index (χ1v) is 8.30. The van der Waals surface area contributed by atoms with E-state index in [1.165, 1.54) is 33.3 Å². The van der Waals surface area contributed by atoms with Crippen LogP contribution < -0.4 is 14.8 Å². The van der Waals surface area contributed by atoms with Gasteiger partial charge in [0.15, 0.2) is 17.6 Å². The van der Waals surface area contributed by atoms with Gasteiger partial charge < -0.3 is 19.5 Å². The molecule has 0 unspecified atom stereocenters. The minimum atomic E-state index is -1.06. The lowest BCUT2D eigenvalue weighted by Gasteiger charge is -2.16. The molecule has 0 aliphatic rings. The molecule has 0 saturated carbocycles. The number of nitrogens with one attached hydrogen (secondary N) is 1. The van der Waals surface area contributed by atoms with E-state index < -0.39 is 18.0 Å². The Morgan fingerprint density at radius 1 is 1.08 bits per heavy atom. The lowest BCUT2D eigenvalue weighted by atomic mass is 10.2. The van der Waals surface area contributed by atoms with Crippen LogP contribution in [0.1, 0.15) is 17.3 Å². The normalized spacial score (nSPS) is 11.4. The maximum atomic E-state index is 12.4. The highest BCUT2D eigenvalue weighted by molar-refractivity contribution is 6.36. The van der Waals surface area contributed by atoms with Gasteiger partial charge in [-0.25, -0.2) is 4.79 Å². The van der Waals surface area contributed by atoms with E-state index in [1.54, 1.807) is 24.3 Å². The number of para-hydroxylation sites is 1. The van der Waals surface area contributed by atoms with E-state index in [0.717, 1.165) is 0 Å². The van der Waals surface area contributed by atoms with Crippen LogP contribution in [0.3, 0.4) is 0 Å². The molecule has 1 atom stereocenters. The zero-order chi connectivity index (χ0) is 19.3. The Bertz CT molecular complexity index is 825. The van der Waals surface area contributed by atoms with Crippen LogP contribution >= 0.6 is 23.2 Å². The number of hydrogen-bond acceptors (Lipinski definition) is 5. The van der Waals surface area contributed by atoms with Crippen molar-refractivity contribution in [2.75, 3.05) is 19.5 Å². The average Bonchev–Trinajstić information content (AvgIpc) is 2.62. The molecule has 2 rings (SSSR count). The number of methoxy groups -OCH3 is 2. The van der Waals surface area contributed by atoms with Gasteiger partial charge in [-0.05, 0) is 37.3 Å². The molecule has 0 saturated heterocycles. The number of ether oxygens (including phenoxy) is 3. The summed E-state index contributed by atoms with van der Waals surface area (Å²) in [5.74, 6) is -0.643. The topological polar surface area (TPSA) is 73.9 Å². The molecule has 0 aromatic heterocycles. The molecule has 6 nitrogen and oxygen atoms in total. The standard InChI is InChI=1S/C18H17Cl2NO5/c1-10(17(22)21-14-8-7-11(19)9-13(14)20)26-18(23)12-5-4-6-15(24-2)16(12)25-3/h4-10H,1-3H3,(H,21,22)/t10-/m0/s1. The average molecular weight is 398 g/mol. The predicted molar refractivity (Wildman–Crippen MR) is 99.5 cm³/mol. The Kier molecular flexibility index (Phi) is 6.71. The predicted octanol–water partition coefficient (Wildman–Crippen LogP) is 4.19. The smallest absolute Gasteiger partial charge is 0.342 e. The number of carbonyl (C=O) groups excluding carboxylic acids is 2. The molecule has 2 aromatic carbocycles. The van der Waals surface area contributed by atoms with E-state index in [2.05, 4.69) is 5.32 Å². The van der Waals surface area contributed by atoms with E-state index in [9.17, 15) is 9.59 Å². The van der Waals surface area contributed by atoms with Crippen LogP contribution in [0.25, 0.3) is 0 Å². The molecule has 26 heavy (non-hydrogen) atoms. The Morgan fingerprint density at radius 3 is 2.42 bits per heavy atom. The Hall–Kier alpha value is -2.44. The highest BCUT2D eigenvalue weighted by Crippen LogP contribution is 2.31. The van der Waals surface area contributed by atoms with E-state index in [1.807, 2.05) is 0 Å². The fraction of sp³-hybridized carbons (Fsp3) is 0.222. The largest absolute Gasteiger partial charge is 0.493 e. The molecule has 0 bridgehead atoms. The number of halogens is 2. The second-order valence-electron chi connectivity index (χ2n) is 5.20. The summed E-state index contributed by atoms with van der Waals surface area (Å²) in [6.07, 6.45) is -1.06. The molecule has 0 spiro atoms. The first-order chi connectivity index (χ1) is 12.4. The lowest BCUT2D eigenvalue weighted by Crippen LogP contribution is -2.30. The molecule has 0 aliphatic carbocycles. The zero-order valence-electron chi connectivity index (χ0n) is 14.3. The summed E-state index contributed by atoms with van der Waals surface area (Å²) in [5.41, 5.74) is 0.513. The number of benzene rings is 2. The number of anilines is 1. The Labute approximate surface area is 160 Å². The van der Waals surface area contributed by atoms with Crippen molar-refractivity contribution in [1.82, 2.24) is 0 Å². The minimum Gasteiger partial charge on any atom is -0.493 e. The summed E-state index contributed by atoms with van der Waals surface area (Å²) >= 11 is 11.8. The number of amides is 1. The van der Waals surface area contributed by atoms with Crippen molar-refractivity contribution in [3.63, 3.8) is 0 Å². The van der Waals surface area contributed by atoms with Crippen molar-refractivity contribution in [3.05, 3.63) is 52.0 Å². The first-order valence-electron chi connectivity index (χ1n) is 7.55. The number of hydrogen-bond donors (Lipinski definition) is 1. The highest BCUT2D eigenvalue weighted by atomic mass is 35.5. The van der Waals surface area contributed by atoms with Gasteiger partial charge in [0, 0.05) is 5.02 Å². The molecule has 2 aromatic rings. The molecule has 0 aliphatic heterocycles. The van der Waals surface area contributed by atoms with Crippen LogP contribution in [0.5, 0.6) is 11.5 Å².